The van der Waals surface area contributed by atoms with Gasteiger partial charge in [-0.05, 0) is 43.2 Å². The summed E-state index contributed by atoms with van der Waals surface area (Å²) in [6.45, 7) is 2.66. The average molecular weight is 267 g/mol. The molecule has 0 fully saturated rings. The number of methoxy groups -OCH3 is 1. The fourth-order valence-electron chi connectivity index (χ4n) is 1.95. The highest BCUT2D eigenvalue weighted by atomic mass is 16.5. The summed E-state index contributed by atoms with van der Waals surface area (Å²) in [6.07, 6.45) is 0.890. The van der Waals surface area contributed by atoms with Crippen molar-refractivity contribution in [1.29, 1.82) is 5.26 Å². The number of nitriles is 1. The number of hydrogen-bond donors (Lipinski definition) is 1. The van der Waals surface area contributed by atoms with Gasteiger partial charge in [0.1, 0.15) is 11.6 Å². The molecule has 0 aliphatic rings. The highest BCUT2D eigenvalue weighted by Crippen LogP contribution is 2.12. The van der Waals surface area contributed by atoms with E-state index in [1.807, 2.05) is 31.2 Å². The Morgan fingerprint density at radius 3 is 2.65 bits per heavy atom. The van der Waals surface area contributed by atoms with Crippen molar-refractivity contribution in [2.24, 2.45) is 0 Å². The number of anilines is 1. The van der Waals surface area contributed by atoms with Crippen molar-refractivity contribution < 1.29 is 4.74 Å². The summed E-state index contributed by atoms with van der Waals surface area (Å²) in [7, 11) is 1.66. The molecule has 0 saturated carbocycles. The normalized spacial score (nSPS) is 9.85. The van der Waals surface area contributed by atoms with Gasteiger partial charge in [0.2, 0.25) is 0 Å². The van der Waals surface area contributed by atoms with Crippen LogP contribution in [0.15, 0.2) is 36.4 Å². The Balaban J connectivity index is 1.92. The number of pyridine rings is 1. The van der Waals surface area contributed by atoms with Crippen LogP contribution in [0.25, 0.3) is 0 Å². The number of nitrogens with one attached hydrogen (secondary N) is 1. The second kappa shape index (κ2) is 6.58. The lowest BCUT2D eigenvalue weighted by Crippen LogP contribution is -2.07. The lowest BCUT2D eigenvalue weighted by atomic mass is 10.1. The first-order chi connectivity index (χ1) is 9.71. The van der Waals surface area contributed by atoms with Crippen molar-refractivity contribution in [3.63, 3.8) is 0 Å². The van der Waals surface area contributed by atoms with Gasteiger partial charge in [0.15, 0.2) is 0 Å². The van der Waals surface area contributed by atoms with Gasteiger partial charge in [-0.2, -0.15) is 5.26 Å². The molecule has 2 aromatic rings. The minimum Gasteiger partial charge on any atom is -0.497 e. The van der Waals surface area contributed by atoms with Gasteiger partial charge in [-0.25, -0.2) is 4.98 Å². The molecule has 0 aliphatic carbocycles. The first-order valence-corrected chi connectivity index (χ1v) is 6.47. The number of aromatic nitrogens is 1. The zero-order valence-electron chi connectivity index (χ0n) is 11.7. The maximum absolute atomic E-state index is 8.92. The van der Waals surface area contributed by atoms with Crippen LogP contribution < -0.4 is 10.1 Å². The largest absolute Gasteiger partial charge is 0.497 e. The number of ether oxygens (including phenoxy) is 1. The van der Waals surface area contributed by atoms with Crippen molar-refractivity contribution in [3.8, 4) is 11.8 Å². The van der Waals surface area contributed by atoms with Gasteiger partial charge in [-0.15, -0.1) is 0 Å². The summed E-state index contributed by atoms with van der Waals surface area (Å²) in [5.41, 5.74) is 2.70. The predicted molar refractivity (Wildman–Crippen MR) is 78.9 cm³/mol. The lowest BCUT2D eigenvalue weighted by Gasteiger charge is -2.07. The van der Waals surface area contributed by atoms with Crippen molar-refractivity contribution in [1.82, 2.24) is 4.98 Å². The molecule has 0 atom stereocenters. The van der Waals surface area contributed by atoms with Crippen LogP contribution in [0.3, 0.4) is 0 Å². The van der Waals surface area contributed by atoms with Crippen molar-refractivity contribution in [3.05, 3.63) is 53.2 Å². The topological polar surface area (TPSA) is 57.9 Å². The van der Waals surface area contributed by atoms with Gasteiger partial charge in [-0.3, -0.25) is 0 Å². The SMILES string of the molecule is COc1ccc(CCNc2cc(C#N)cc(C)n2)cc1. The quantitative estimate of drug-likeness (QED) is 0.905. The van der Waals surface area contributed by atoms with E-state index in [0.717, 1.165) is 30.2 Å². The number of nitrogens with zero attached hydrogens (tertiary/aromatic N) is 2. The monoisotopic (exact) mass is 267 g/mol. The van der Waals surface area contributed by atoms with Crippen molar-refractivity contribution in [2.45, 2.75) is 13.3 Å². The van der Waals surface area contributed by atoms with Crippen LogP contribution >= 0.6 is 0 Å². The van der Waals surface area contributed by atoms with Gasteiger partial charge in [0.05, 0.1) is 18.7 Å². The van der Waals surface area contributed by atoms with E-state index in [1.165, 1.54) is 5.56 Å². The van der Waals surface area contributed by atoms with E-state index in [-0.39, 0.29) is 0 Å². The molecule has 0 radical (unpaired) electrons. The van der Waals surface area contributed by atoms with E-state index in [2.05, 4.69) is 16.4 Å². The van der Waals surface area contributed by atoms with E-state index in [0.29, 0.717) is 5.56 Å². The third-order valence-electron chi connectivity index (χ3n) is 2.96. The Bertz CT molecular complexity index is 615. The van der Waals surface area contributed by atoms with E-state index < -0.39 is 0 Å². The zero-order valence-corrected chi connectivity index (χ0v) is 11.7. The van der Waals surface area contributed by atoms with E-state index in [4.69, 9.17) is 10.00 Å². The Kier molecular flexibility index (Phi) is 4.56. The van der Waals surface area contributed by atoms with E-state index in [1.54, 1.807) is 19.2 Å². The van der Waals surface area contributed by atoms with Crippen LogP contribution in [0, 0.1) is 18.3 Å². The third kappa shape index (κ3) is 3.72. The van der Waals surface area contributed by atoms with Crippen molar-refractivity contribution in [2.75, 3.05) is 19.0 Å². The van der Waals surface area contributed by atoms with Crippen LogP contribution in [0.1, 0.15) is 16.8 Å². The fourth-order valence-corrected chi connectivity index (χ4v) is 1.95. The van der Waals surface area contributed by atoms with Gasteiger partial charge < -0.3 is 10.1 Å². The predicted octanol–water partition coefficient (Wildman–Crippen LogP) is 2.92. The Labute approximate surface area is 119 Å². The molecule has 1 N–H and O–H groups in total. The fraction of sp³-hybridized carbons (Fsp3) is 0.250. The van der Waals surface area contributed by atoms with Crippen LogP contribution in [0.2, 0.25) is 0 Å². The highest BCUT2D eigenvalue weighted by Gasteiger charge is 2.00. The summed E-state index contributed by atoms with van der Waals surface area (Å²) in [5.74, 6) is 1.61. The molecule has 0 amide bonds. The first-order valence-electron chi connectivity index (χ1n) is 6.47. The van der Waals surface area contributed by atoms with Gasteiger partial charge >= 0.3 is 0 Å². The molecule has 0 bridgehead atoms. The number of aryl methyl sites for hydroxylation is 1. The standard InChI is InChI=1S/C16H17N3O/c1-12-9-14(11-17)10-16(19-12)18-8-7-13-3-5-15(20-2)6-4-13/h3-6,9-10H,7-8H2,1-2H3,(H,18,19). The van der Waals surface area contributed by atoms with Crippen LogP contribution in [-0.4, -0.2) is 18.6 Å². The number of rotatable bonds is 5. The summed E-state index contributed by atoms with van der Waals surface area (Å²) >= 11 is 0. The molecule has 0 aliphatic heterocycles. The third-order valence-corrected chi connectivity index (χ3v) is 2.96. The Morgan fingerprint density at radius 1 is 1.25 bits per heavy atom. The smallest absolute Gasteiger partial charge is 0.127 e. The molecule has 2 rings (SSSR count). The molecule has 1 aromatic carbocycles. The molecule has 20 heavy (non-hydrogen) atoms. The molecule has 4 heteroatoms. The number of hydrogen-bond acceptors (Lipinski definition) is 4. The minimum absolute atomic E-state index is 0.629. The van der Waals surface area contributed by atoms with Gasteiger partial charge in [0, 0.05) is 12.2 Å². The molecule has 1 aromatic heterocycles. The molecular weight excluding hydrogens is 250 g/mol. The summed E-state index contributed by atoms with van der Waals surface area (Å²) in [5, 5.41) is 12.2. The highest BCUT2D eigenvalue weighted by molar-refractivity contribution is 5.44. The van der Waals surface area contributed by atoms with E-state index >= 15 is 0 Å². The van der Waals surface area contributed by atoms with Gasteiger partial charge in [-0.1, -0.05) is 12.1 Å². The molecule has 0 unspecified atom stereocenters. The summed E-state index contributed by atoms with van der Waals surface area (Å²) in [4.78, 5) is 4.36. The average Bonchev–Trinajstić information content (AvgIpc) is 2.47. The van der Waals surface area contributed by atoms with Crippen LogP contribution in [0.5, 0.6) is 5.75 Å². The maximum atomic E-state index is 8.92. The molecule has 0 spiro atoms. The molecule has 0 saturated heterocycles. The van der Waals surface area contributed by atoms with Gasteiger partial charge in [0.25, 0.3) is 0 Å². The summed E-state index contributed by atoms with van der Waals surface area (Å²) < 4.78 is 5.13. The van der Waals surface area contributed by atoms with Crippen molar-refractivity contribution >= 4 is 5.82 Å². The lowest BCUT2D eigenvalue weighted by molar-refractivity contribution is 0.414. The Hall–Kier alpha value is -2.54. The zero-order chi connectivity index (χ0) is 14.4. The molecular formula is C16H17N3O. The number of benzene rings is 1. The second-order valence-electron chi connectivity index (χ2n) is 4.52. The van der Waals surface area contributed by atoms with Crippen LogP contribution in [0.4, 0.5) is 5.82 Å². The molecule has 4 nitrogen and oxygen atoms in total. The first kappa shape index (κ1) is 13.9. The molecule has 1 heterocycles. The minimum atomic E-state index is 0.629. The van der Waals surface area contributed by atoms with Crippen LogP contribution in [-0.2, 0) is 6.42 Å². The summed E-state index contributed by atoms with van der Waals surface area (Å²) in [6, 6.07) is 13.7. The van der Waals surface area contributed by atoms with E-state index in [9.17, 15) is 0 Å². The maximum Gasteiger partial charge on any atom is 0.127 e. The second-order valence-corrected chi connectivity index (χ2v) is 4.52. The Morgan fingerprint density at radius 2 is 2.00 bits per heavy atom. The molecule has 102 valence electrons.